The van der Waals surface area contributed by atoms with E-state index < -0.39 is 6.03 Å². The third kappa shape index (κ3) is 2.08. The van der Waals surface area contributed by atoms with E-state index in [4.69, 9.17) is 5.73 Å². The van der Waals surface area contributed by atoms with Crippen molar-refractivity contribution in [2.45, 2.75) is 0 Å². The predicted molar refractivity (Wildman–Crippen MR) is 43.5 cm³/mol. The molecule has 0 saturated heterocycles. The molecule has 1 aromatic heterocycles. The number of carbonyl (C=O) groups is 1. The number of primary amides is 1. The summed E-state index contributed by atoms with van der Waals surface area (Å²) in [6.07, 6.45) is 4.70. The summed E-state index contributed by atoms with van der Waals surface area (Å²) in [6, 6.07) is -0.687. The number of rotatable bonds is 2. The van der Waals surface area contributed by atoms with Crippen molar-refractivity contribution in [3.05, 3.63) is 18.2 Å². The highest BCUT2D eigenvalue weighted by Crippen LogP contribution is 1.89. The molecule has 1 heterocycles. The van der Waals surface area contributed by atoms with E-state index in [0.29, 0.717) is 0 Å². The first kappa shape index (κ1) is 8.25. The Bertz CT molecular complexity index is 303. The molecule has 64 valence electrons. The van der Waals surface area contributed by atoms with Gasteiger partial charge in [-0.1, -0.05) is 0 Å². The zero-order chi connectivity index (χ0) is 8.97. The van der Waals surface area contributed by atoms with Crippen molar-refractivity contribution in [1.82, 2.24) is 15.0 Å². The fourth-order valence-corrected chi connectivity index (χ4v) is 0.654. The average Bonchev–Trinajstić information content (AvgIpc) is 2.36. The Hall–Kier alpha value is -1.85. The second-order valence-electron chi connectivity index (χ2n) is 2.16. The quantitative estimate of drug-likeness (QED) is 0.456. The van der Waals surface area contributed by atoms with Gasteiger partial charge in [0.05, 0.1) is 24.4 Å². The van der Waals surface area contributed by atoms with Crippen molar-refractivity contribution in [3.63, 3.8) is 0 Å². The van der Waals surface area contributed by atoms with Crippen molar-refractivity contribution in [2.24, 2.45) is 17.9 Å². The molecule has 0 unspecified atom stereocenters. The predicted octanol–water partition coefficient (Wildman–Crippen LogP) is -0.578. The van der Waals surface area contributed by atoms with Crippen LogP contribution in [0.15, 0.2) is 17.6 Å². The monoisotopic (exact) mass is 167 g/mol. The third-order valence-electron chi connectivity index (χ3n) is 1.23. The number of amides is 2. The van der Waals surface area contributed by atoms with Crippen LogP contribution in [0.1, 0.15) is 5.69 Å². The Morgan fingerprint density at radius 1 is 1.92 bits per heavy atom. The molecule has 0 aliphatic carbocycles. The molecule has 0 aliphatic rings. The Morgan fingerprint density at radius 2 is 2.67 bits per heavy atom. The van der Waals surface area contributed by atoms with Crippen LogP contribution in [0.3, 0.4) is 0 Å². The van der Waals surface area contributed by atoms with Gasteiger partial charge in [0.15, 0.2) is 0 Å². The number of carbonyl (C=O) groups excluding carboxylic acids is 1. The lowest BCUT2D eigenvalue weighted by molar-refractivity contribution is 0.249. The number of hydrazone groups is 1. The number of nitrogens with one attached hydrogen (secondary N) is 1. The number of urea groups is 1. The normalized spacial score (nSPS) is 10.4. The first-order valence-electron chi connectivity index (χ1n) is 3.25. The highest BCUT2D eigenvalue weighted by molar-refractivity contribution is 5.79. The van der Waals surface area contributed by atoms with E-state index >= 15 is 0 Å². The topological polar surface area (TPSA) is 85.3 Å². The maximum Gasteiger partial charge on any atom is 0.332 e. The molecule has 12 heavy (non-hydrogen) atoms. The molecule has 0 aliphatic heterocycles. The molecule has 0 radical (unpaired) electrons. The van der Waals surface area contributed by atoms with Crippen LogP contribution in [0.25, 0.3) is 0 Å². The van der Waals surface area contributed by atoms with Gasteiger partial charge in [-0.3, -0.25) is 0 Å². The number of nitrogens with two attached hydrogens (primary N) is 1. The molecule has 6 nitrogen and oxygen atoms in total. The molecular formula is C6H9N5O. The van der Waals surface area contributed by atoms with E-state index in [-0.39, 0.29) is 0 Å². The second kappa shape index (κ2) is 3.51. The molecule has 2 amide bonds. The van der Waals surface area contributed by atoms with Crippen molar-refractivity contribution in [2.75, 3.05) is 0 Å². The fraction of sp³-hybridized carbons (Fsp3) is 0.167. The first-order valence-corrected chi connectivity index (χ1v) is 3.25. The van der Waals surface area contributed by atoms with Gasteiger partial charge in [-0.2, -0.15) is 5.10 Å². The van der Waals surface area contributed by atoms with Gasteiger partial charge < -0.3 is 10.3 Å². The molecule has 0 aromatic carbocycles. The summed E-state index contributed by atoms with van der Waals surface area (Å²) in [5, 5.41) is 3.56. The number of imidazole rings is 1. The van der Waals surface area contributed by atoms with Crippen LogP contribution in [0.4, 0.5) is 4.79 Å². The highest BCUT2D eigenvalue weighted by Gasteiger charge is 1.92. The zero-order valence-electron chi connectivity index (χ0n) is 6.56. The minimum absolute atomic E-state index is 0.687. The van der Waals surface area contributed by atoms with Crippen molar-refractivity contribution in [1.29, 1.82) is 0 Å². The SMILES string of the molecule is Cn1cncc1C=NNC(N)=O. The van der Waals surface area contributed by atoms with Crippen LogP contribution in [-0.4, -0.2) is 21.8 Å². The molecule has 1 aromatic rings. The van der Waals surface area contributed by atoms with E-state index in [0.717, 1.165) is 5.69 Å². The van der Waals surface area contributed by atoms with E-state index in [2.05, 4.69) is 15.5 Å². The standard InChI is InChI=1S/C6H9N5O/c1-11-4-8-2-5(11)3-9-10-6(7)12/h2-4H,1H3,(H3,7,10,12). The van der Waals surface area contributed by atoms with E-state index in [1.54, 1.807) is 17.1 Å². The molecule has 0 fully saturated rings. The molecule has 0 saturated carbocycles. The maximum absolute atomic E-state index is 10.2. The largest absolute Gasteiger partial charge is 0.350 e. The summed E-state index contributed by atoms with van der Waals surface area (Å²) in [7, 11) is 1.82. The molecule has 0 atom stereocenters. The molecule has 6 heteroatoms. The van der Waals surface area contributed by atoms with Gasteiger partial charge in [0.2, 0.25) is 0 Å². The van der Waals surface area contributed by atoms with Gasteiger partial charge >= 0.3 is 6.03 Å². The lowest BCUT2D eigenvalue weighted by Gasteiger charge is -1.93. The second-order valence-corrected chi connectivity index (χ2v) is 2.16. The van der Waals surface area contributed by atoms with Gasteiger partial charge in [-0.25, -0.2) is 15.2 Å². The summed E-state index contributed by atoms with van der Waals surface area (Å²) < 4.78 is 1.76. The highest BCUT2D eigenvalue weighted by atomic mass is 16.2. The number of hydrogen-bond acceptors (Lipinski definition) is 3. The Balaban J connectivity index is 2.57. The van der Waals surface area contributed by atoms with Crippen LogP contribution in [0.5, 0.6) is 0 Å². The van der Waals surface area contributed by atoms with E-state index in [9.17, 15) is 4.79 Å². The van der Waals surface area contributed by atoms with Crippen LogP contribution >= 0.6 is 0 Å². The van der Waals surface area contributed by atoms with Gasteiger partial charge in [-0.05, 0) is 0 Å². The van der Waals surface area contributed by atoms with Crippen LogP contribution in [0.2, 0.25) is 0 Å². The lowest BCUT2D eigenvalue weighted by Crippen LogP contribution is -2.24. The number of nitrogens with zero attached hydrogens (tertiary/aromatic N) is 3. The molecule has 0 bridgehead atoms. The van der Waals surface area contributed by atoms with Crippen LogP contribution in [0, 0.1) is 0 Å². The average molecular weight is 167 g/mol. The lowest BCUT2D eigenvalue weighted by atomic mass is 10.5. The Morgan fingerprint density at radius 3 is 3.17 bits per heavy atom. The van der Waals surface area contributed by atoms with Crippen molar-refractivity contribution >= 4 is 12.2 Å². The number of aromatic nitrogens is 2. The van der Waals surface area contributed by atoms with Crippen molar-refractivity contribution < 1.29 is 4.79 Å². The summed E-state index contributed by atoms with van der Waals surface area (Å²) in [4.78, 5) is 14.0. The molecule has 3 N–H and O–H groups in total. The van der Waals surface area contributed by atoms with Gasteiger partial charge in [0, 0.05) is 7.05 Å². The minimum Gasteiger partial charge on any atom is -0.350 e. The number of hydrogen-bond donors (Lipinski definition) is 2. The van der Waals surface area contributed by atoms with E-state index in [1.807, 2.05) is 7.05 Å². The maximum atomic E-state index is 10.2. The molecule has 1 rings (SSSR count). The Kier molecular flexibility index (Phi) is 2.42. The van der Waals surface area contributed by atoms with Crippen LogP contribution < -0.4 is 11.2 Å². The first-order chi connectivity index (χ1) is 5.70. The summed E-state index contributed by atoms with van der Waals surface area (Å²) in [6.45, 7) is 0. The van der Waals surface area contributed by atoms with Gasteiger partial charge in [0.1, 0.15) is 0 Å². The minimum atomic E-state index is -0.687. The smallest absolute Gasteiger partial charge is 0.332 e. The van der Waals surface area contributed by atoms with Crippen LogP contribution in [-0.2, 0) is 7.05 Å². The van der Waals surface area contributed by atoms with Gasteiger partial charge in [-0.15, -0.1) is 0 Å². The summed E-state index contributed by atoms with van der Waals surface area (Å²) in [5.41, 5.74) is 7.64. The summed E-state index contributed by atoms with van der Waals surface area (Å²) in [5.74, 6) is 0. The molecule has 0 spiro atoms. The number of aryl methyl sites for hydroxylation is 1. The van der Waals surface area contributed by atoms with Crippen molar-refractivity contribution in [3.8, 4) is 0 Å². The summed E-state index contributed by atoms with van der Waals surface area (Å²) >= 11 is 0. The fourth-order valence-electron chi connectivity index (χ4n) is 0.654. The Labute approximate surface area is 69.1 Å². The van der Waals surface area contributed by atoms with Gasteiger partial charge in [0.25, 0.3) is 0 Å². The van der Waals surface area contributed by atoms with E-state index in [1.165, 1.54) is 6.21 Å². The zero-order valence-corrected chi connectivity index (χ0v) is 6.56. The molecular weight excluding hydrogens is 158 g/mol. The third-order valence-corrected chi connectivity index (χ3v) is 1.23.